The molecule has 0 aromatic rings. The van der Waals surface area contributed by atoms with Crippen LogP contribution in [-0.4, -0.2) is 142 Å². The molecule has 366 valence electrons. The second-order valence-electron chi connectivity index (χ2n) is 17.6. The Morgan fingerprint density at radius 3 is 1.52 bits per heavy atom. The van der Waals surface area contributed by atoms with Crippen molar-refractivity contribution in [3.63, 3.8) is 0 Å². The van der Waals surface area contributed by atoms with E-state index in [1.807, 2.05) is 0 Å². The SMILES string of the molecule is CCCC/C=C\CCCCCCCCOCC(COC1OC(COC2OC(CO)C(O)C(O)C2O)C(O)C(O)C1O)OC(=O)CCCCCCCCCCCCCCCCCC. The first-order valence-corrected chi connectivity index (χ1v) is 24.8. The molecule has 0 aromatic heterocycles. The molecule has 2 rings (SSSR count). The summed E-state index contributed by atoms with van der Waals surface area (Å²) in [4.78, 5) is 13.0. The molecule has 14 nitrogen and oxygen atoms in total. The molecular weight excluding hydrogens is 801 g/mol. The van der Waals surface area contributed by atoms with Crippen LogP contribution < -0.4 is 0 Å². The summed E-state index contributed by atoms with van der Waals surface area (Å²) in [5, 5.41) is 72.0. The minimum Gasteiger partial charge on any atom is -0.457 e. The van der Waals surface area contributed by atoms with Gasteiger partial charge in [-0.15, -0.1) is 0 Å². The molecule has 0 saturated carbocycles. The maximum Gasteiger partial charge on any atom is 0.306 e. The summed E-state index contributed by atoms with van der Waals surface area (Å²) in [5.41, 5.74) is 0. The summed E-state index contributed by atoms with van der Waals surface area (Å²) < 4.78 is 34.2. The van der Waals surface area contributed by atoms with Gasteiger partial charge in [-0.25, -0.2) is 0 Å². The standard InChI is InChI=1S/C48H90O14/c1-3-5-7-9-11-13-15-17-18-19-20-21-23-25-27-29-31-40(50)60-37(34-57-32-30-28-26-24-22-16-14-12-10-8-6-4-2)35-58-47-46(56)44(54)42(52)39(62-47)36-59-48-45(55)43(53)41(51)38(33-49)61-48/h10,12,37-39,41-49,51-56H,3-9,11,13-36H2,1-2H3/b12-10-. The first kappa shape index (κ1) is 56.9. The molecule has 7 N–H and O–H groups in total. The van der Waals surface area contributed by atoms with Gasteiger partial charge in [-0.2, -0.15) is 0 Å². The van der Waals surface area contributed by atoms with Crippen LogP contribution in [0.15, 0.2) is 12.2 Å². The summed E-state index contributed by atoms with van der Waals surface area (Å²) >= 11 is 0. The first-order valence-electron chi connectivity index (χ1n) is 24.8. The van der Waals surface area contributed by atoms with Gasteiger partial charge < -0.3 is 64.2 Å². The molecule has 2 saturated heterocycles. The zero-order valence-electron chi connectivity index (χ0n) is 38.6. The van der Waals surface area contributed by atoms with E-state index in [0.29, 0.717) is 13.0 Å². The van der Waals surface area contributed by atoms with E-state index in [-0.39, 0.29) is 25.6 Å². The number of unbranched alkanes of at least 4 members (excludes halogenated alkanes) is 23. The Labute approximate surface area is 374 Å². The number of esters is 1. The highest BCUT2D eigenvalue weighted by Gasteiger charge is 2.47. The molecule has 11 unspecified atom stereocenters. The van der Waals surface area contributed by atoms with Crippen LogP contribution in [0.5, 0.6) is 0 Å². The Bertz CT molecular complexity index is 1080. The van der Waals surface area contributed by atoms with Gasteiger partial charge in [0, 0.05) is 13.0 Å². The zero-order valence-corrected chi connectivity index (χ0v) is 38.6. The Morgan fingerprint density at radius 1 is 0.516 bits per heavy atom. The normalized spacial score (nSPS) is 27.2. The summed E-state index contributed by atoms with van der Waals surface area (Å²) in [7, 11) is 0. The number of hydrogen-bond acceptors (Lipinski definition) is 14. The molecule has 11 atom stereocenters. The maximum absolute atomic E-state index is 13.0. The molecule has 2 fully saturated rings. The van der Waals surface area contributed by atoms with E-state index >= 15 is 0 Å². The molecular formula is C48H90O14. The minimum absolute atomic E-state index is 0.0622. The van der Waals surface area contributed by atoms with Crippen LogP contribution in [0.1, 0.15) is 187 Å². The van der Waals surface area contributed by atoms with Crippen LogP contribution in [0.2, 0.25) is 0 Å². The van der Waals surface area contributed by atoms with Gasteiger partial charge in [-0.1, -0.05) is 161 Å². The number of carbonyl (C=O) groups excluding carboxylic acids is 1. The predicted octanol–water partition coefficient (Wildman–Crippen LogP) is 6.68. The van der Waals surface area contributed by atoms with Gasteiger partial charge in [0.05, 0.1) is 26.4 Å². The van der Waals surface area contributed by atoms with Crippen LogP contribution in [0.4, 0.5) is 0 Å². The van der Waals surface area contributed by atoms with E-state index in [2.05, 4.69) is 26.0 Å². The number of allylic oxidation sites excluding steroid dienone is 2. The third-order valence-corrected chi connectivity index (χ3v) is 12.0. The average Bonchev–Trinajstić information content (AvgIpc) is 3.27. The number of rotatable bonds is 39. The Hall–Kier alpha value is -1.27. The molecule has 14 heteroatoms. The number of aliphatic hydroxyl groups is 7. The number of carbonyl (C=O) groups is 1. The second-order valence-corrected chi connectivity index (χ2v) is 17.6. The van der Waals surface area contributed by atoms with Crippen molar-refractivity contribution in [3.8, 4) is 0 Å². The lowest BCUT2D eigenvalue weighted by Crippen LogP contribution is -2.61. The van der Waals surface area contributed by atoms with Crippen LogP contribution in [0, 0.1) is 0 Å². The first-order chi connectivity index (χ1) is 30.1. The quantitative estimate of drug-likeness (QED) is 0.0195. The molecule has 0 spiro atoms. The lowest BCUT2D eigenvalue weighted by atomic mass is 9.98. The van der Waals surface area contributed by atoms with Gasteiger partial charge in [0.1, 0.15) is 54.9 Å². The monoisotopic (exact) mass is 891 g/mol. The van der Waals surface area contributed by atoms with E-state index in [1.165, 1.54) is 116 Å². The summed E-state index contributed by atoms with van der Waals surface area (Å²) in [6, 6.07) is 0. The summed E-state index contributed by atoms with van der Waals surface area (Å²) in [5.74, 6) is -0.376. The lowest BCUT2D eigenvalue weighted by Gasteiger charge is -2.42. The molecule has 0 aliphatic carbocycles. The molecule has 2 aliphatic heterocycles. The van der Waals surface area contributed by atoms with Crippen molar-refractivity contribution in [3.05, 3.63) is 12.2 Å². The Balaban J connectivity index is 1.78. The highest BCUT2D eigenvalue weighted by molar-refractivity contribution is 5.69. The number of aliphatic hydroxyl groups excluding tert-OH is 7. The molecule has 62 heavy (non-hydrogen) atoms. The van der Waals surface area contributed by atoms with Gasteiger partial charge in [0.25, 0.3) is 0 Å². The largest absolute Gasteiger partial charge is 0.457 e. The van der Waals surface area contributed by atoms with Gasteiger partial charge >= 0.3 is 5.97 Å². The fraction of sp³-hybridized carbons (Fsp3) is 0.938. The predicted molar refractivity (Wildman–Crippen MR) is 238 cm³/mol. The van der Waals surface area contributed by atoms with Crippen molar-refractivity contribution < 1.29 is 69.0 Å². The zero-order chi connectivity index (χ0) is 45.2. The molecule has 0 radical (unpaired) electrons. The fourth-order valence-corrected chi connectivity index (χ4v) is 7.91. The van der Waals surface area contributed by atoms with Crippen molar-refractivity contribution in [2.24, 2.45) is 0 Å². The van der Waals surface area contributed by atoms with E-state index in [9.17, 15) is 40.5 Å². The van der Waals surface area contributed by atoms with Crippen LogP contribution in [0.25, 0.3) is 0 Å². The van der Waals surface area contributed by atoms with Crippen LogP contribution in [0.3, 0.4) is 0 Å². The molecule has 0 bridgehead atoms. The van der Waals surface area contributed by atoms with Crippen molar-refractivity contribution in [2.45, 2.75) is 255 Å². The van der Waals surface area contributed by atoms with Crippen molar-refractivity contribution in [2.75, 3.05) is 33.0 Å². The van der Waals surface area contributed by atoms with Crippen molar-refractivity contribution in [1.29, 1.82) is 0 Å². The molecule has 2 aliphatic rings. The number of hydrogen-bond donors (Lipinski definition) is 7. The van der Waals surface area contributed by atoms with E-state index in [1.54, 1.807) is 0 Å². The highest BCUT2D eigenvalue weighted by atomic mass is 16.7. The second kappa shape index (κ2) is 36.9. The van der Waals surface area contributed by atoms with Gasteiger partial charge in [0.15, 0.2) is 12.6 Å². The van der Waals surface area contributed by atoms with Gasteiger partial charge in [0.2, 0.25) is 0 Å². The third kappa shape index (κ3) is 24.9. The lowest BCUT2D eigenvalue weighted by molar-refractivity contribution is -0.332. The Morgan fingerprint density at radius 2 is 0.968 bits per heavy atom. The van der Waals surface area contributed by atoms with Gasteiger partial charge in [-0.05, 0) is 32.1 Å². The van der Waals surface area contributed by atoms with Gasteiger partial charge in [-0.3, -0.25) is 4.79 Å². The van der Waals surface area contributed by atoms with E-state index in [4.69, 9.17) is 28.4 Å². The smallest absolute Gasteiger partial charge is 0.306 e. The van der Waals surface area contributed by atoms with E-state index in [0.717, 1.165) is 44.9 Å². The van der Waals surface area contributed by atoms with Crippen molar-refractivity contribution >= 4 is 5.97 Å². The highest BCUT2D eigenvalue weighted by Crippen LogP contribution is 2.26. The molecule has 0 aromatic carbocycles. The van der Waals surface area contributed by atoms with Crippen molar-refractivity contribution in [1.82, 2.24) is 0 Å². The van der Waals surface area contributed by atoms with E-state index < -0.39 is 80.7 Å². The summed E-state index contributed by atoms with van der Waals surface area (Å²) in [6.45, 7) is 3.66. The topological polar surface area (TPSA) is 214 Å². The van der Waals surface area contributed by atoms with Crippen LogP contribution in [-0.2, 0) is 33.2 Å². The molecule has 0 amide bonds. The van der Waals surface area contributed by atoms with Crippen LogP contribution >= 0.6 is 0 Å². The minimum atomic E-state index is -1.70. The summed E-state index contributed by atoms with van der Waals surface area (Å²) in [6.07, 6.45) is 19.9. The fourth-order valence-electron chi connectivity index (χ4n) is 7.91. The average molecular weight is 891 g/mol. The molecule has 2 heterocycles. The third-order valence-electron chi connectivity index (χ3n) is 12.0. The Kier molecular flexibility index (Phi) is 33.8. The maximum atomic E-state index is 13.0. The number of ether oxygens (including phenoxy) is 6.